The predicted molar refractivity (Wildman–Crippen MR) is 87.2 cm³/mol. The first-order valence-electron chi connectivity index (χ1n) is 7.58. The highest BCUT2D eigenvalue weighted by Crippen LogP contribution is 2.27. The third-order valence-corrected chi connectivity index (χ3v) is 4.66. The average Bonchev–Trinajstić information content (AvgIpc) is 2.71. The smallest absolute Gasteiger partial charge is 0.270 e. The molecule has 0 bridgehead atoms. The molecule has 0 radical (unpaired) electrons. The number of rotatable bonds is 3. The minimum Gasteiger partial charge on any atom is -0.391 e. The van der Waals surface area contributed by atoms with Crippen molar-refractivity contribution >= 4 is 23.1 Å². The van der Waals surface area contributed by atoms with Crippen LogP contribution < -0.4 is 11.1 Å². The molecular formula is C15H24N4OS. The SMILES string of the molecule is Cc1cc(C(=O)NC2(C(N)=S)CCCCCCC2)n(C)n1. The second-order valence-corrected chi connectivity index (χ2v) is 6.40. The summed E-state index contributed by atoms with van der Waals surface area (Å²) in [7, 11) is 1.77. The number of hydrogen-bond donors (Lipinski definition) is 2. The Hall–Kier alpha value is -1.43. The fourth-order valence-electron chi connectivity index (χ4n) is 3.05. The van der Waals surface area contributed by atoms with Gasteiger partial charge in [-0.1, -0.05) is 44.3 Å². The molecule has 2 rings (SSSR count). The summed E-state index contributed by atoms with van der Waals surface area (Å²) in [6, 6.07) is 1.78. The summed E-state index contributed by atoms with van der Waals surface area (Å²) in [6.45, 7) is 1.87. The molecule has 1 saturated carbocycles. The van der Waals surface area contributed by atoms with E-state index in [1.165, 1.54) is 19.3 Å². The lowest BCUT2D eigenvalue weighted by atomic mass is 9.83. The second-order valence-electron chi connectivity index (χ2n) is 5.96. The Bertz CT molecular complexity index is 530. The Kier molecular flexibility index (Phi) is 4.98. The minimum absolute atomic E-state index is 0.147. The molecule has 0 spiro atoms. The van der Waals surface area contributed by atoms with Gasteiger partial charge in [0.05, 0.1) is 16.2 Å². The summed E-state index contributed by atoms with van der Waals surface area (Å²) in [5.41, 5.74) is 6.81. The van der Waals surface area contributed by atoms with Gasteiger partial charge in [-0.15, -0.1) is 0 Å². The van der Waals surface area contributed by atoms with Crippen LogP contribution in [0.25, 0.3) is 0 Å². The monoisotopic (exact) mass is 308 g/mol. The van der Waals surface area contributed by atoms with Crippen molar-refractivity contribution in [2.24, 2.45) is 12.8 Å². The first kappa shape index (κ1) is 15.9. The van der Waals surface area contributed by atoms with Crippen molar-refractivity contribution in [2.75, 3.05) is 0 Å². The van der Waals surface area contributed by atoms with Gasteiger partial charge in [0, 0.05) is 7.05 Å². The maximum atomic E-state index is 12.6. The molecule has 0 aliphatic heterocycles. The highest BCUT2D eigenvalue weighted by molar-refractivity contribution is 7.80. The number of carbonyl (C=O) groups is 1. The van der Waals surface area contributed by atoms with Gasteiger partial charge in [0.25, 0.3) is 5.91 Å². The lowest BCUT2D eigenvalue weighted by Gasteiger charge is -2.35. The van der Waals surface area contributed by atoms with Gasteiger partial charge in [-0.2, -0.15) is 5.10 Å². The number of nitrogens with zero attached hydrogens (tertiary/aromatic N) is 2. The van der Waals surface area contributed by atoms with E-state index in [4.69, 9.17) is 18.0 Å². The highest BCUT2D eigenvalue weighted by Gasteiger charge is 2.35. The van der Waals surface area contributed by atoms with E-state index in [1.807, 2.05) is 6.92 Å². The number of aromatic nitrogens is 2. The first-order chi connectivity index (χ1) is 9.94. The third kappa shape index (κ3) is 3.61. The Labute approximate surface area is 131 Å². The first-order valence-corrected chi connectivity index (χ1v) is 7.98. The second kappa shape index (κ2) is 6.56. The van der Waals surface area contributed by atoms with Crippen LogP contribution in [0.5, 0.6) is 0 Å². The van der Waals surface area contributed by atoms with E-state index in [0.717, 1.165) is 31.4 Å². The zero-order valence-corrected chi connectivity index (χ0v) is 13.6. The van der Waals surface area contributed by atoms with Gasteiger partial charge in [0.1, 0.15) is 5.69 Å². The van der Waals surface area contributed by atoms with E-state index in [1.54, 1.807) is 17.8 Å². The molecule has 0 saturated heterocycles. The van der Waals surface area contributed by atoms with Crippen molar-refractivity contribution in [3.63, 3.8) is 0 Å². The molecule has 21 heavy (non-hydrogen) atoms. The molecule has 1 aromatic heterocycles. The molecule has 0 unspecified atom stereocenters. The van der Waals surface area contributed by atoms with Crippen LogP contribution in [0.15, 0.2) is 6.07 Å². The molecule has 1 aliphatic rings. The van der Waals surface area contributed by atoms with Crippen LogP contribution >= 0.6 is 12.2 Å². The van der Waals surface area contributed by atoms with Gasteiger partial charge in [-0.3, -0.25) is 9.48 Å². The normalized spacial score (nSPS) is 18.6. The number of aryl methyl sites for hydroxylation is 2. The number of nitrogens with one attached hydrogen (secondary N) is 1. The van der Waals surface area contributed by atoms with Crippen molar-refractivity contribution in [1.29, 1.82) is 0 Å². The molecule has 1 amide bonds. The predicted octanol–water partition coefficient (Wildman–Crippen LogP) is 2.23. The van der Waals surface area contributed by atoms with Crippen LogP contribution in [0.3, 0.4) is 0 Å². The van der Waals surface area contributed by atoms with Gasteiger partial charge < -0.3 is 11.1 Å². The van der Waals surface area contributed by atoms with Crippen LogP contribution in [0.4, 0.5) is 0 Å². The Morgan fingerprint density at radius 1 is 1.33 bits per heavy atom. The Morgan fingerprint density at radius 2 is 1.90 bits per heavy atom. The minimum atomic E-state index is -0.551. The zero-order chi connectivity index (χ0) is 15.5. The van der Waals surface area contributed by atoms with Crippen molar-refractivity contribution in [1.82, 2.24) is 15.1 Å². The third-order valence-electron chi connectivity index (χ3n) is 4.27. The molecule has 116 valence electrons. The van der Waals surface area contributed by atoms with E-state index in [9.17, 15) is 4.79 Å². The summed E-state index contributed by atoms with van der Waals surface area (Å²) in [5, 5.41) is 7.32. The highest BCUT2D eigenvalue weighted by atomic mass is 32.1. The van der Waals surface area contributed by atoms with Crippen molar-refractivity contribution in [2.45, 2.75) is 57.4 Å². The number of nitrogens with two attached hydrogens (primary N) is 1. The summed E-state index contributed by atoms with van der Waals surface area (Å²) in [6.07, 6.45) is 7.33. The van der Waals surface area contributed by atoms with E-state index in [2.05, 4.69) is 10.4 Å². The number of carbonyl (C=O) groups excluding carboxylic acids is 1. The van der Waals surface area contributed by atoms with E-state index in [0.29, 0.717) is 10.7 Å². The molecule has 1 fully saturated rings. The van der Waals surface area contributed by atoms with E-state index < -0.39 is 5.54 Å². The summed E-state index contributed by atoms with van der Waals surface area (Å²) < 4.78 is 1.60. The fourth-order valence-corrected chi connectivity index (χ4v) is 3.30. The maximum absolute atomic E-state index is 12.6. The Morgan fingerprint density at radius 3 is 2.38 bits per heavy atom. The van der Waals surface area contributed by atoms with Crippen molar-refractivity contribution in [3.8, 4) is 0 Å². The van der Waals surface area contributed by atoms with Crippen LogP contribution in [-0.4, -0.2) is 26.2 Å². The standard InChI is InChI=1S/C15H24N4OS/c1-11-10-12(19(2)18-11)13(20)17-15(14(16)21)8-6-4-3-5-7-9-15/h10H,3-9H2,1-2H3,(H2,16,21)(H,17,20). The van der Waals surface area contributed by atoms with Gasteiger partial charge in [0.2, 0.25) is 0 Å². The van der Waals surface area contributed by atoms with Gasteiger partial charge in [-0.05, 0) is 25.8 Å². The molecule has 5 nitrogen and oxygen atoms in total. The van der Waals surface area contributed by atoms with Crippen LogP contribution in [0, 0.1) is 6.92 Å². The zero-order valence-electron chi connectivity index (χ0n) is 12.8. The van der Waals surface area contributed by atoms with Crippen LogP contribution in [0.2, 0.25) is 0 Å². The number of hydrogen-bond acceptors (Lipinski definition) is 3. The molecule has 0 aromatic carbocycles. The molecule has 1 heterocycles. The maximum Gasteiger partial charge on any atom is 0.270 e. The van der Waals surface area contributed by atoms with Crippen molar-refractivity contribution in [3.05, 3.63) is 17.5 Å². The fraction of sp³-hybridized carbons (Fsp3) is 0.667. The largest absolute Gasteiger partial charge is 0.391 e. The lowest BCUT2D eigenvalue weighted by Crippen LogP contribution is -2.57. The molecule has 6 heteroatoms. The average molecular weight is 308 g/mol. The van der Waals surface area contributed by atoms with Gasteiger partial charge in [-0.25, -0.2) is 0 Å². The Balaban J connectivity index is 2.20. The van der Waals surface area contributed by atoms with Gasteiger partial charge in [0.15, 0.2) is 0 Å². The number of amides is 1. The molecule has 0 atom stereocenters. The van der Waals surface area contributed by atoms with Gasteiger partial charge >= 0.3 is 0 Å². The molecule has 1 aliphatic carbocycles. The van der Waals surface area contributed by atoms with E-state index >= 15 is 0 Å². The van der Waals surface area contributed by atoms with Crippen molar-refractivity contribution < 1.29 is 4.79 Å². The summed E-state index contributed by atoms with van der Waals surface area (Å²) >= 11 is 5.28. The molecule has 3 N–H and O–H groups in total. The lowest BCUT2D eigenvalue weighted by molar-refractivity contribution is 0.0903. The summed E-state index contributed by atoms with van der Waals surface area (Å²) in [5.74, 6) is -0.147. The quantitative estimate of drug-likeness (QED) is 0.840. The molecular weight excluding hydrogens is 284 g/mol. The van der Waals surface area contributed by atoms with Crippen LogP contribution in [-0.2, 0) is 7.05 Å². The van der Waals surface area contributed by atoms with Crippen LogP contribution in [0.1, 0.15) is 61.1 Å². The number of thiocarbonyl (C=S) groups is 1. The summed E-state index contributed by atoms with van der Waals surface area (Å²) in [4.78, 5) is 13.0. The van der Waals surface area contributed by atoms with E-state index in [-0.39, 0.29) is 5.91 Å². The topological polar surface area (TPSA) is 72.9 Å². The molecule has 1 aromatic rings.